The Kier molecular flexibility index (Phi) is 44.0. The lowest BCUT2D eigenvalue weighted by Gasteiger charge is -2.18. The summed E-state index contributed by atoms with van der Waals surface area (Å²) in [6.07, 6.45) is 57.7. The van der Waals surface area contributed by atoms with Crippen molar-refractivity contribution in [3.8, 4) is 0 Å². The first kappa shape index (κ1) is 54.9. The highest BCUT2D eigenvalue weighted by Crippen LogP contribution is 2.13. The number of unbranched alkanes of at least 4 members (excludes halogenated alkanes) is 19. The van der Waals surface area contributed by atoms with Crippen molar-refractivity contribution in [3.05, 3.63) is 72.9 Å². The summed E-state index contributed by atoms with van der Waals surface area (Å²) in [4.78, 5) is 37.7. The molecule has 0 saturated heterocycles. The minimum atomic E-state index is -0.807. The second-order valence-electron chi connectivity index (χ2n) is 15.6. The van der Waals surface area contributed by atoms with Crippen molar-refractivity contribution < 1.29 is 28.6 Å². The fourth-order valence-electron chi connectivity index (χ4n) is 6.37. The average molecular weight is 809 g/mol. The van der Waals surface area contributed by atoms with Crippen LogP contribution in [0.15, 0.2) is 72.9 Å². The van der Waals surface area contributed by atoms with Gasteiger partial charge in [-0.2, -0.15) is 0 Å². The average Bonchev–Trinajstić information content (AvgIpc) is 3.22. The largest absolute Gasteiger partial charge is 0.462 e. The smallest absolute Gasteiger partial charge is 0.306 e. The van der Waals surface area contributed by atoms with E-state index in [1.807, 2.05) is 0 Å². The van der Waals surface area contributed by atoms with Gasteiger partial charge in [0, 0.05) is 19.3 Å². The number of hydrogen-bond acceptors (Lipinski definition) is 6. The van der Waals surface area contributed by atoms with Crippen LogP contribution < -0.4 is 0 Å². The number of ether oxygens (including phenoxy) is 3. The molecule has 0 heterocycles. The van der Waals surface area contributed by atoms with Gasteiger partial charge < -0.3 is 14.2 Å². The van der Waals surface area contributed by atoms with Gasteiger partial charge in [-0.15, -0.1) is 0 Å². The van der Waals surface area contributed by atoms with Gasteiger partial charge in [0.15, 0.2) is 6.10 Å². The highest BCUT2D eigenvalue weighted by Gasteiger charge is 2.19. The van der Waals surface area contributed by atoms with E-state index < -0.39 is 6.10 Å². The summed E-state index contributed by atoms with van der Waals surface area (Å²) in [6, 6.07) is 0. The molecule has 0 bridgehead atoms. The molecule has 0 aromatic rings. The topological polar surface area (TPSA) is 78.9 Å². The summed E-state index contributed by atoms with van der Waals surface area (Å²) in [5.74, 6) is -0.991. The van der Waals surface area contributed by atoms with Gasteiger partial charge in [0.05, 0.1) is 0 Å². The minimum Gasteiger partial charge on any atom is -0.462 e. The van der Waals surface area contributed by atoms with E-state index in [9.17, 15) is 14.4 Å². The zero-order valence-electron chi connectivity index (χ0n) is 37.8. The molecule has 6 nitrogen and oxygen atoms in total. The van der Waals surface area contributed by atoms with Gasteiger partial charge in [0.1, 0.15) is 13.2 Å². The highest BCUT2D eigenvalue weighted by atomic mass is 16.6. The summed E-state index contributed by atoms with van der Waals surface area (Å²) < 4.78 is 16.6. The van der Waals surface area contributed by atoms with Crippen LogP contribution in [0.4, 0.5) is 0 Å². The number of carbonyl (C=O) groups is 3. The monoisotopic (exact) mass is 809 g/mol. The Balaban J connectivity index is 4.35. The van der Waals surface area contributed by atoms with Crippen molar-refractivity contribution in [3.63, 3.8) is 0 Å². The molecule has 0 amide bonds. The van der Waals surface area contributed by atoms with Crippen molar-refractivity contribution in [1.29, 1.82) is 0 Å². The third kappa shape index (κ3) is 44.0. The van der Waals surface area contributed by atoms with Gasteiger partial charge in [0.25, 0.3) is 0 Å². The molecule has 6 heteroatoms. The third-order valence-electron chi connectivity index (χ3n) is 9.93. The molecular formula is C52H88O6. The Hall–Kier alpha value is -3.15. The zero-order valence-corrected chi connectivity index (χ0v) is 37.8. The van der Waals surface area contributed by atoms with Gasteiger partial charge in [-0.3, -0.25) is 14.4 Å². The predicted molar refractivity (Wildman–Crippen MR) is 247 cm³/mol. The Labute approximate surface area is 357 Å². The first-order valence-corrected chi connectivity index (χ1v) is 23.9. The van der Waals surface area contributed by atoms with Crippen LogP contribution in [0.2, 0.25) is 0 Å². The zero-order chi connectivity index (χ0) is 42.3. The van der Waals surface area contributed by atoms with Crippen LogP contribution in [0.1, 0.15) is 220 Å². The molecule has 0 N–H and O–H groups in total. The molecule has 1 atom stereocenters. The molecule has 0 rings (SSSR count). The molecule has 58 heavy (non-hydrogen) atoms. The molecule has 0 aliphatic rings. The van der Waals surface area contributed by atoms with E-state index in [0.717, 1.165) is 83.5 Å². The van der Waals surface area contributed by atoms with E-state index in [0.29, 0.717) is 19.3 Å². The summed E-state index contributed by atoms with van der Waals surface area (Å²) in [5, 5.41) is 0. The van der Waals surface area contributed by atoms with Crippen LogP contribution in [0.3, 0.4) is 0 Å². The molecule has 0 aliphatic heterocycles. The van der Waals surface area contributed by atoms with Crippen LogP contribution in [0.5, 0.6) is 0 Å². The van der Waals surface area contributed by atoms with Gasteiger partial charge in [-0.05, 0) is 103 Å². The molecular weight excluding hydrogens is 721 g/mol. The summed E-state index contributed by atoms with van der Waals surface area (Å²) >= 11 is 0. The fraction of sp³-hybridized carbons (Fsp3) is 0.712. The minimum absolute atomic E-state index is 0.104. The number of hydrogen-bond donors (Lipinski definition) is 0. The number of allylic oxidation sites excluding steroid dienone is 12. The molecule has 0 fully saturated rings. The Bertz CT molecular complexity index is 1110. The first-order chi connectivity index (χ1) is 28.5. The Morgan fingerprint density at radius 2 is 0.672 bits per heavy atom. The molecule has 0 aromatic carbocycles. The van der Waals surface area contributed by atoms with E-state index in [2.05, 4.69) is 93.7 Å². The Morgan fingerprint density at radius 3 is 1.10 bits per heavy atom. The maximum absolute atomic E-state index is 12.7. The molecule has 0 radical (unpaired) electrons. The van der Waals surface area contributed by atoms with Crippen molar-refractivity contribution in [2.24, 2.45) is 0 Å². The normalized spacial score (nSPS) is 12.7. The van der Waals surface area contributed by atoms with Gasteiger partial charge in [0.2, 0.25) is 0 Å². The second-order valence-corrected chi connectivity index (χ2v) is 15.6. The Morgan fingerprint density at radius 1 is 0.362 bits per heavy atom. The fourth-order valence-corrected chi connectivity index (χ4v) is 6.37. The lowest BCUT2D eigenvalue weighted by molar-refractivity contribution is -0.167. The van der Waals surface area contributed by atoms with Crippen LogP contribution in [0, 0.1) is 0 Å². The maximum Gasteiger partial charge on any atom is 0.306 e. The first-order valence-electron chi connectivity index (χ1n) is 23.9. The predicted octanol–water partition coefficient (Wildman–Crippen LogP) is 15.5. The van der Waals surface area contributed by atoms with Crippen LogP contribution in [-0.2, 0) is 28.6 Å². The number of rotatable bonds is 42. The molecule has 1 unspecified atom stereocenters. The van der Waals surface area contributed by atoms with Crippen molar-refractivity contribution in [1.82, 2.24) is 0 Å². The van der Waals surface area contributed by atoms with E-state index in [1.165, 1.54) is 89.9 Å². The summed E-state index contributed by atoms with van der Waals surface area (Å²) in [5.41, 5.74) is 0. The van der Waals surface area contributed by atoms with E-state index in [4.69, 9.17) is 14.2 Å². The van der Waals surface area contributed by atoms with Gasteiger partial charge in [-0.1, -0.05) is 171 Å². The van der Waals surface area contributed by atoms with Gasteiger partial charge in [-0.25, -0.2) is 0 Å². The van der Waals surface area contributed by atoms with Crippen LogP contribution >= 0.6 is 0 Å². The molecule has 0 aromatic heterocycles. The lowest BCUT2D eigenvalue weighted by atomic mass is 10.1. The van der Waals surface area contributed by atoms with Crippen LogP contribution in [0.25, 0.3) is 0 Å². The van der Waals surface area contributed by atoms with E-state index in [1.54, 1.807) is 0 Å². The number of carbonyl (C=O) groups excluding carboxylic acids is 3. The van der Waals surface area contributed by atoms with Crippen LogP contribution in [-0.4, -0.2) is 37.2 Å². The van der Waals surface area contributed by atoms with Crippen molar-refractivity contribution in [2.75, 3.05) is 13.2 Å². The lowest BCUT2D eigenvalue weighted by Crippen LogP contribution is -2.30. The van der Waals surface area contributed by atoms with E-state index in [-0.39, 0.29) is 37.5 Å². The second kappa shape index (κ2) is 46.5. The molecule has 332 valence electrons. The van der Waals surface area contributed by atoms with E-state index >= 15 is 0 Å². The molecule has 0 saturated carbocycles. The summed E-state index contributed by atoms with van der Waals surface area (Å²) in [6.45, 7) is 6.32. The van der Waals surface area contributed by atoms with Crippen molar-refractivity contribution in [2.45, 2.75) is 226 Å². The van der Waals surface area contributed by atoms with Crippen molar-refractivity contribution >= 4 is 17.9 Å². The SMILES string of the molecule is CC/C=C\C/C=C\C/C=C\CCCCC(=O)OC(COC(=O)CCCC/C=C\C/C=C\CC)COC(=O)CCCCCCCCC/C=C\CCCCCCCCCC. The molecule has 0 aliphatic carbocycles. The molecule has 0 spiro atoms. The third-order valence-corrected chi connectivity index (χ3v) is 9.93. The quantitative estimate of drug-likeness (QED) is 0.0264. The maximum atomic E-state index is 12.7. The highest BCUT2D eigenvalue weighted by molar-refractivity contribution is 5.71. The summed E-state index contributed by atoms with van der Waals surface area (Å²) in [7, 11) is 0. The van der Waals surface area contributed by atoms with Gasteiger partial charge >= 0.3 is 17.9 Å². The standard InChI is InChI=1S/C52H88O6/c1-4-7-10-13-16-19-21-23-24-25-26-27-28-29-31-33-36-39-42-45-51(54)57-48-49(47-56-50(53)44-41-38-35-32-18-15-12-9-6-3)58-52(55)46-43-40-37-34-30-22-20-17-14-11-8-5-2/h8-9,11-12,17-18,20,25-26,30,32,34,49H,4-7,10,13-16,19,21-24,27-29,31,33,35-48H2,1-3H3/b11-8-,12-9-,20-17-,26-25-,32-18-,34-30-. The number of esters is 3.